The second kappa shape index (κ2) is 3.96. The monoisotopic (exact) mass is 238 g/mol. The van der Waals surface area contributed by atoms with Crippen molar-refractivity contribution >= 4 is 34.4 Å². The Bertz CT molecular complexity index is 496. The first kappa shape index (κ1) is 10.1. The number of hydrogen-bond donors (Lipinski definition) is 1. The van der Waals surface area contributed by atoms with E-state index in [4.69, 9.17) is 5.11 Å². The molecule has 76 valence electrons. The van der Waals surface area contributed by atoms with E-state index in [2.05, 4.69) is 0 Å². The first-order valence-corrected chi connectivity index (χ1v) is 5.79. The number of aliphatic carboxylic acids is 1. The highest BCUT2D eigenvalue weighted by Crippen LogP contribution is 2.31. The van der Waals surface area contributed by atoms with Crippen LogP contribution in [-0.4, -0.2) is 16.9 Å². The molecule has 0 unspecified atom stereocenters. The van der Waals surface area contributed by atoms with E-state index in [9.17, 15) is 9.59 Å². The van der Waals surface area contributed by atoms with Gasteiger partial charge in [-0.1, -0.05) is 6.07 Å². The largest absolute Gasteiger partial charge is 0.475 e. The maximum atomic E-state index is 11.1. The van der Waals surface area contributed by atoms with Crippen LogP contribution in [-0.2, 0) is 4.79 Å². The minimum atomic E-state index is -1.41. The van der Waals surface area contributed by atoms with E-state index in [0.717, 1.165) is 9.75 Å². The number of carboxylic acid groups (broad SMARTS) is 1. The van der Waals surface area contributed by atoms with Crippen LogP contribution in [0, 0.1) is 0 Å². The molecule has 0 aliphatic carbocycles. The normalized spacial score (nSPS) is 10.1. The Morgan fingerprint density at radius 3 is 2.53 bits per heavy atom. The van der Waals surface area contributed by atoms with Crippen molar-refractivity contribution in [1.29, 1.82) is 0 Å². The zero-order chi connectivity index (χ0) is 10.8. The lowest BCUT2D eigenvalue weighted by atomic mass is 10.3. The summed E-state index contributed by atoms with van der Waals surface area (Å²) in [6, 6.07) is 7.17. The average molecular weight is 238 g/mol. The fourth-order valence-corrected chi connectivity index (χ4v) is 2.89. The fraction of sp³-hybridized carbons (Fsp3) is 0. The lowest BCUT2D eigenvalue weighted by molar-refractivity contribution is -0.131. The van der Waals surface area contributed by atoms with Gasteiger partial charge in [0, 0.05) is 9.75 Å². The van der Waals surface area contributed by atoms with Crippen molar-refractivity contribution in [3.8, 4) is 9.75 Å². The van der Waals surface area contributed by atoms with Crippen LogP contribution in [0.4, 0.5) is 0 Å². The van der Waals surface area contributed by atoms with Gasteiger partial charge in [0.1, 0.15) is 0 Å². The number of rotatable bonds is 3. The SMILES string of the molecule is O=C(O)C(=O)c1ccc(-c2cccs2)s1. The molecular formula is C10H6O3S2. The highest BCUT2D eigenvalue weighted by Gasteiger charge is 2.17. The zero-order valence-corrected chi connectivity index (χ0v) is 9.10. The Morgan fingerprint density at radius 2 is 1.93 bits per heavy atom. The van der Waals surface area contributed by atoms with Gasteiger partial charge in [0.05, 0.1) is 4.88 Å². The lowest BCUT2D eigenvalue weighted by Crippen LogP contribution is -2.10. The number of carboxylic acids is 1. The third kappa shape index (κ3) is 1.98. The number of Topliss-reactive ketones (excluding diaryl/α,β-unsaturated/α-hetero) is 1. The molecule has 2 heterocycles. The molecule has 2 aromatic heterocycles. The topological polar surface area (TPSA) is 54.4 Å². The number of ketones is 1. The Kier molecular flexibility index (Phi) is 2.66. The first-order valence-electron chi connectivity index (χ1n) is 4.10. The van der Waals surface area contributed by atoms with E-state index < -0.39 is 11.8 Å². The fourth-order valence-electron chi connectivity index (χ4n) is 1.12. The minimum Gasteiger partial charge on any atom is -0.475 e. The summed E-state index contributed by atoms with van der Waals surface area (Å²) in [6.45, 7) is 0. The van der Waals surface area contributed by atoms with Crippen molar-refractivity contribution in [1.82, 2.24) is 0 Å². The quantitative estimate of drug-likeness (QED) is 0.660. The molecule has 3 nitrogen and oxygen atoms in total. The third-order valence-corrected chi connectivity index (χ3v) is 3.94. The maximum Gasteiger partial charge on any atom is 0.378 e. The van der Waals surface area contributed by atoms with Gasteiger partial charge < -0.3 is 5.11 Å². The zero-order valence-electron chi connectivity index (χ0n) is 7.47. The van der Waals surface area contributed by atoms with Crippen molar-refractivity contribution in [2.45, 2.75) is 0 Å². The van der Waals surface area contributed by atoms with Crippen molar-refractivity contribution in [2.24, 2.45) is 0 Å². The average Bonchev–Trinajstić information content (AvgIpc) is 2.86. The van der Waals surface area contributed by atoms with Crippen LogP contribution < -0.4 is 0 Å². The second-order valence-electron chi connectivity index (χ2n) is 2.78. The molecule has 0 aliphatic heterocycles. The maximum absolute atomic E-state index is 11.1. The standard InChI is InChI=1S/C10H6O3S2/c11-9(10(12)13)8-4-3-7(15-8)6-2-1-5-14-6/h1-5H,(H,12,13). The predicted molar refractivity (Wildman–Crippen MR) is 59.6 cm³/mol. The van der Waals surface area contributed by atoms with Crippen LogP contribution >= 0.6 is 22.7 Å². The van der Waals surface area contributed by atoms with Crippen LogP contribution in [0.2, 0.25) is 0 Å². The predicted octanol–water partition coefficient (Wildman–Crippen LogP) is 2.74. The van der Waals surface area contributed by atoms with Gasteiger partial charge in [-0.3, -0.25) is 4.79 Å². The molecule has 2 aromatic rings. The molecule has 0 spiro atoms. The number of carbonyl (C=O) groups is 2. The molecule has 5 heteroatoms. The number of thiophene rings is 2. The van der Waals surface area contributed by atoms with E-state index in [1.54, 1.807) is 23.5 Å². The van der Waals surface area contributed by atoms with Crippen LogP contribution in [0.3, 0.4) is 0 Å². The van der Waals surface area contributed by atoms with Crippen LogP contribution in [0.1, 0.15) is 9.67 Å². The van der Waals surface area contributed by atoms with Gasteiger partial charge in [-0.05, 0) is 23.6 Å². The van der Waals surface area contributed by atoms with Crippen LogP contribution in [0.25, 0.3) is 9.75 Å². The number of hydrogen-bond acceptors (Lipinski definition) is 4. The van der Waals surface area contributed by atoms with E-state index in [-0.39, 0.29) is 4.88 Å². The molecule has 0 aliphatic rings. The summed E-state index contributed by atoms with van der Waals surface area (Å²) in [6.07, 6.45) is 0. The number of carbonyl (C=O) groups excluding carboxylic acids is 1. The van der Waals surface area contributed by atoms with Gasteiger partial charge in [0.2, 0.25) is 0 Å². The van der Waals surface area contributed by atoms with E-state index in [1.165, 1.54) is 11.3 Å². The van der Waals surface area contributed by atoms with Crippen molar-refractivity contribution in [2.75, 3.05) is 0 Å². The highest BCUT2D eigenvalue weighted by molar-refractivity contribution is 7.22. The summed E-state index contributed by atoms with van der Waals surface area (Å²) < 4.78 is 0. The summed E-state index contributed by atoms with van der Waals surface area (Å²) in [5.74, 6) is -2.25. The summed E-state index contributed by atoms with van der Waals surface area (Å²) in [7, 11) is 0. The Balaban J connectivity index is 2.33. The molecule has 0 fully saturated rings. The molecule has 0 amide bonds. The summed E-state index contributed by atoms with van der Waals surface area (Å²) >= 11 is 2.77. The molecule has 0 bridgehead atoms. The Hall–Kier alpha value is -1.46. The van der Waals surface area contributed by atoms with Gasteiger partial charge in [-0.15, -0.1) is 22.7 Å². The molecule has 2 rings (SSSR count). The molecule has 0 aromatic carbocycles. The highest BCUT2D eigenvalue weighted by atomic mass is 32.1. The lowest BCUT2D eigenvalue weighted by Gasteiger charge is -1.89. The van der Waals surface area contributed by atoms with Crippen LogP contribution in [0.5, 0.6) is 0 Å². The smallest absolute Gasteiger partial charge is 0.378 e. The molecule has 0 atom stereocenters. The molecule has 1 N–H and O–H groups in total. The molecule has 0 radical (unpaired) electrons. The van der Waals surface area contributed by atoms with Gasteiger partial charge >= 0.3 is 5.97 Å². The third-order valence-electron chi connectivity index (χ3n) is 1.79. The second-order valence-corrected chi connectivity index (χ2v) is 4.81. The first-order chi connectivity index (χ1) is 7.18. The van der Waals surface area contributed by atoms with E-state index >= 15 is 0 Å². The summed E-state index contributed by atoms with van der Waals surface area (Å²) in [5.41, 5.74) is 0. The minimum absolute atomic E-state index is 0.269. The van der Waals surface area contributed by atoms with Crippen molar-refractivity contribution in [3.05, 3.63) is 34.5 Å². The molecule has 0 saturated carbocycles. The van der Waals surface area contributed by atoms with Crippen molar-refractivity contribution < 1.29 is 14.7 Å². The molecule has 0 saturated heterocycles. The van der Waals surface area contributed by atoms with Gasteiger partial charge in [0.25, 0.3) is 5.78 Å². The Morgan fingerprint density at radius 1 is 1.13 bits per heavy atom. The Labute approximate surface area is 93.6 Å². The summed E-state index contributed by atoms with van der Waals surface area (Å²) in [5, 5.41) is 10.5. The van der Waals surface area contributed by atoms with Gasteiger partial charge in [-0.25, -0.2) is 4.79 Å². The van der Waals surface area contributed by atoms with Gasteiger partial charge in [0.15, 0.2) is 0 Å². The van der Waals surface area contributed by atoms with E-state index in [1.807, 2.05) is 17.5 Å². The van der Waals surface area contributed by atoms with Crippen molar-refractivity contribution in [3.63, 3.8) is 0 Å². The molecule has 15 heavy (non-hydrogen) atoms. The summed E-state index contributed by atoms with van der Waals surface area (Å²) in [4.78, 5) is 23.8. The van der Waals surface area contributed by atoms with E-state index in [0.29, 0.717) is 0 Å². The van der Waals surface area contributed by atoms with Gasteiger partial charge in [-0.2, -0.15) is 0 Å². The van der Waals surface area contributed by atoms with Crippen LogP contribution in [0.15, 0.2) is 29.6 Å². The molecular weight excluding hydrogens is 232 g/mol.